The van der Waals surface area contributed by atoms with Crippen LogP contribution in [0, 0.1) is 34.6 Å². The van der Waals surface area contributed by atoms with Crippen LogP contribution in [0.1, 0.15) is 34.7 Å². The van der Waals surface area contributed by atoms with Gasteiger partial charge in [0, 0.05) is 25.7 Å². The molecule has 1 N–H and O–H groups in total. The third-order valence-corrected chi connectivity index (χ3v) is 7.00. The number of sulfonamides is 1. The van der Waals surface area contributed by atoms with Gasteiger partial charge in [-0.05, 0) is 69.4 Å². The number of piperazine rings is 1. The molecule has 118 valence electrons. The van der Waals surface area contributed by atoms with Gasteiger partial charge >= 0.3 is 0 Å². The molecule has 1 aliphatic rings. The molecule has 1 atom stereocenters. The van der Waals surface area contributed by atoms with Crippen molar-refractivity contribution >= 4 is 10.0 Å². The molecule has 21 heavy (non-hydrogen) atoms. The summed E-state index contributed by atoms with van der Waals surface area (Å²) in [6.45, 7) is 13.7. The first-order valence-corrected chi connectivity index (χ1v) is 8.92. The number of nitrogens with one attached hydrogen (secondary N) is 1. The molecule has 0 bridgehead atoms. The molecule has 1 aromatic carbocycles. The van der Waals surface area contributed by atoms with Crippen LogP contribution in [0.15, 0.2) is 4.90 Å². The van der Waals surface area contributed by atoms with Crippen LogP contribution in [0.4, 0.5) is 0 Å². The van der Waals surface area contributed by atoms with E-state index >= 15 is 0 Å². The van der Waals surface area contributed by atoms with Gasteiger partial charge in [-0.3, -0.25) is 0 Å². The second kappa shape index (κ2) is 5.71. The van der Waals surface area contributed by atoms with Gasteiger partial charge in [0.05, 0.1) is 4.90 Å². The maximum Gasteiger partial charge on any atom is 0.243 e. The first-order chi connectivity index (χ1) is 9.67. The number of hydrogen-bond donors (Lipinski definition) is 1. The topological polar surface area (TPSA) is 49.4 Å². The van der Waals surface area contributed by atoms with Crippen LogP contribution in [-0.4, -0.2) is 38.4 Å². The first-order valence-electron chi connectivity index (χ1n) is 7.48. The summed E-state index contributed by atoms with van der Waals surface area (Å²) in [6.07, 6.45) is 0. The van der Waals surface area contributed by atoms with E-state index in [0.29, 0.717) is 24.5 Å². The number of rotatable bonds is 2. The average molecular weight is 310 g/mol. The molecule has 1 fully saturated rings. The molecule has 1 aliphatic heterocycles. The van der Waals surface area contributed by atoms with Crippen molar-refractivity contribution in [2.24, 2.45) is 0 Å². The van der Waals surface area contributed by atoms with E-state index in [1.807, 2.05) is 34.6 Å². The van der Waals surface area contributed by atoms with E-state index in [1.54, 1.807) is 4.31 Å². The molecule has 0 radical (unpaired) electrons. The van der Waals surface area contributed by atoms with Gasteiger partial charge in [0.15, 0.2) is 0 Å². The SMILES string of the molecule is Cc1c(C)c(C)c(S(=O)(=O)N2CCN[C@H](C)C2)c(C)c1C. The van der Waals surface area contributed by atoms with E-state index in [4.69, 9.17) is 0 Å². The van der Waals surface area contributed by atoms with Crippen LogP contribution >= 0.6 is 0 Å². The lowest BCUT2D eigenvalue weighted by Crippen LogP contribution is -2.51. The summed E-state index contributed by atoms with van der Waals surface area (Å²) in [7, 11) is -3.42. The molecule has 0 aromatic heterocycles. The number of benzene rings is 1. The molecule has 0 spiro atoms. The second-order valence-corrected chi connectivity index (χ2v) is 8.05. The van der Waals surface area contributed by atoms with Crippen LogP contribution in [0.5, 0.6) is 0 Å². The Labute approximate surface area is 128 Å². The Hall–Kier alpha value is -0.910. The van der Waals surface area contributed by atoms with Gasteiger partial charge in [0.25, 0.3) is 0 Å². The minimum absolute atomic E-state index is 0.196. The van der Waals surface area contributed by atoms with Crippen LogP contribution in [0.2, 0.25) is 0 Å². The minimum Gasteiger partial charge on any atom is -0.312 e. The molecule has 2 rings (SSSR count). The summed E-state index contributed by atoms with van der Waals surface area (Å²) in [5, 5.41) is 3.29. The van der Waals surface area contributed by atoms with Crippen molar-refractivity contribution in [3.05, 3.63) is 27.8 Å². The predicted molar refractivity (Wildman–Crippen MR) is 86.4 cm³/mol. The van der Waals surface area contributed by atoms with Gasteiger partial charge < -0.3 is 5.32 Å². The standard InChI is InChI=1S/C16H26N2O2S/c1-10-9-18(8-7-17-10)21(19,20)16-14(5)12(3)11(2)13(4)15(16)6/h10,17H,7-9H2,1-6H3/t10-/m1/s1. The van der Waals surface area contributed by atoms with Crippen molar-refractivity contribution in [3.8, 4) is 0 Å². The van der Waals surface area contributed by atoms with Gasteiger partial charge in [0.2, 0.25) is 10.0 Å². The highest BCUT2D eigenvalue weighted by atomic mass is 32.2. The highest BCUT2D eigenvalue weighted by Crippen LogP contribution is 2.31. The third-order valence-electron chi connectivity index (χ3n) is 4.86. The summed E-state index contributed by atoms with van der Waals surface area (Å²) < 4.78 is 27.8. The Bertz CT molecular complexity index is 636. The normalized spacial score (nSPS) is 20.8. The smallest absolute Gasteiger partial charge is 0.243 e. The largest absolute Gasteiger partial charge is 0.312 e. The van der Waals surface area contributed by atoms with Crippen molar-refractivity contribution < 1.29 is 8.42 Å². The Kier molecular flexibility index (Phi) is 4.47. The summed E-state index contributed by atoms with van der Waals surface area (Å²) in [5.74, 6) is 0. The molecule has 0 saturated carbocycles. The van der Waals surface area contributed by atoms with Crippen LogP contribution in [0.3, 0.4) is 0 Å². The van der Waals surface area contributed by atoms with E-state index in [0.717, 1.165) is 22.3 Å². The Balaban J connectivity index is 2.60. The van der Waals surface area contributed by atoms with Gasteiger partial charge in [-0.25, -0.2) is 8.42 Å². The zero-order valence-corrected chi connectivity index (χ0v) is 14.7. The van der Waals surface area contributed by atoms with Gasteiger partial charge in [-0.1, -0.05) is 0 Å². The maximum atomic E-state index is 13.1. The number of nitrogens with zero attached hydrogens (tertiary/aromatic N) is 1. The molecule has 4 nitrogen and oxygen atoms in total. The third kappa shape index (κ3) is 2.74. The molecule has 0 unspecified atom stereocenters. The van der Waals surface area contributed by atoms with E-state index in [9.17, 15) is 8.42 Å². The van der Waals surface area contributed by atoms with Crippen molar-refractivity contribution in [2.75, 3.05) is 19.6 Å². The van der Waals surface area contributed by atoms with Crippen molar-refractivity contribution in [2.45, 2.75) is 52.5 Å². The van der Waals surface area contributed by atoms with E-state index in [2.05, 4.69) is 12.2 Å². The van der Waals surface area contributed by atoms with Crippen LogP contribution < -0.4 is 5.32 Å². The molecular weight excluding hydrogens is 284 g/mol. The summed E-state index contributed by atoms with van der Waals surface area (Å²) in [4.78, 5) is 0.511. The number of hydrogen-bond acceptors (Lipinski definition) is 3. The summed E-state index contributed by atoms with van der Waals surface area (Å²) in [5.41, 5.74) is 5.14. The lowest BCUT2D eigenvalue weighted by Gasteiger charge is -2.32. The Morgan fingerprint density at radius 1 is 0.952 bits per heavy atom. The summed E-state index contributed by atoms with van der Waals surface area (Å²) >= 11 is 0. The van der Waals surface area contributed by atoms with Crippen LogP contribution in [0.25, 0.3) is 0 Å². The van der Waals surface area contributed by atoms with Crippen molar-refractivity contribution in [3.63, 3.8) is 0 Å². The van der Waals surface area contributed by atoms with Gasteiger partial charge in [-0.15, -0.1) is 0 Å². The van der Waals surface area contributed by atoms with Gasteiger partial charge in [0.1, 0.15) is 0 Å². The predicted octanol–water partition coefficient (Wildman–Crippen LogP) is 2.21. The Morgan fingerprint density at radius 2 is 1.43 bits per heavy atom. The molecule has 0 amide bonds. The molecule has 1 heterocycles. The fourth-order valence-electron chi connectivity index (χ4n) is 3.10. The fraction of sp³-hybridized carbons (Fsp3) is 0.625. The van der Waals surface area contributed by atoms with Gasteiger partial charge in [-0.2, -0.15) is 4.31 Å². The lowest BCUT2D eigenvalue weighted by atomic mass is 9.95. The molecule has 0 aliphatic carbocycles. The Morgan fingerprint density at radius 3 is 1.90 bits per heavy atom. The highest BCUT2D eigenvalue weighted by Gasteiger charge is 2.32. The van der Waals surface area contributed by atoms with Crippen molar-refractivity contribution in [1.29, 1.82) is 0 Å². The molecule has 1 aromatic rings. The quantitative estimate of drug-likeness (QED) is 0.911. The van der Waals surface area contributed by atoms with E-state index in [-0.39, 0.29) is 6.04 Å². The zero-order valence-electron chi connectivity index (χ0n) is 13.9. The van der Waals surface area contributed by atoms with Crippen molar-refractivity contribution in [1.82, 2.24) is 9.62 Å². The minimum atomic E-state index is -3.42. The van der Waals surface area contributed by atoms with E-state index in [1.165, 1.54) is 5.56 Å². The molecular formula is C16H26N2O2S. The monoisotopic (exact) mass is 310 g/mol. The lowest BCUT2D eigenvalue weighted by molar-refractivity contribution is 0.310. The zero-order chi connectivity index (χ0) is 15.9. The fourth-order valence-corrected chi connectivity index (χ4v) is 5.19. The molecule has 1 saturated heterocycles. The first kappa shape index (κ1) is 16.5. The summed E-state index contributed by atoms with van der Waals surface area (Å²) in [6, 6.07) is 0.196. The maximum absolute atomic E-state index is 13.1. The van der Waals surface area contributed by atoms with Crippen LogP contribution in [-0.2, 0) is 10.0 Å². The highest BCUT2D eigenvalue weighted by molar-refractivity contribution is 7.89. The average Bonchev–Trinajstić information content (AvgIpc) is 2.43. The second-order valence-electron chi connectivity index (χ2n) is 6.17. The molecule has 5 heteroatoms. The van der Waals surface area contributed by atoms with E-state index < -0.39 is 10.0 Å².